The van der Waals surface area contributed by atoms with Gasteiger partial charge in [0.15, 0.2) is 0 Å². The second-order valence-corrected chi connectivity index (χ2v) is 5.91. The summed E-state index contributed by atoms with van der Waals surface area (Å²) >= 11 is 0. The van der Waals surface area contributed by atoms with E-state index in [2.05, 4.69) is 43.1 Å². The van der Waals surface area contributed by atoms with Crippen LogP contribution in [0.2, 0.25) is 0 Å². The summed E-state index contributed by atoms with van der Waals surface area (Å²) in [6.07, 6.45) is 6.19. The molecule has 1 saturated carbocycles. The van der Waals surface area contributed by atoms with Crippen LogP contribution in [0.3, 0.4) is 0 Å². The van der Waals surface area contributed by atoms with Crippen molar-refractivity contribution in [2.75, 3.05) is 25.1 Å². The molecule has 18 heavy (non-hydrogen) atoms. The van der Waals surface area contributed by atoms with E-state index in [1.807, 2.05) is 0 Å². The van der Waals surface area contributed by atoms with Gasteiger partial charge in [0.25, 0.3) is 0 Å². The van der Waals surface area contributed by atoms with Crippen LogP contribution in [0.25, 0.3) is 0 Å². The predicted molar refractivity (Wildman–Crippen MR) is 77.1 cm³/mol. The molecule has 1 aliphatic rings. The molecule has 2 heteroatoms. The Labute approximate surface area is 111 Å². The molecule has 0 radical (unpaired) electrons. The fourth-order valence-corrected chi connectivity index (χ4v) is 3.13. The maximum Gasteiger partial charge on any atom is 0.0504 e. The summed E-state index contributed by atoms with van der Waals surface area (Å²) in [5.41, 5.74) is 2.67. The minimum Gasteiger partial charge on any atom is -0.396 e. The van der Waals surface area contributed by atoms with Crippen molar-refractivity contribution in [2.24, 2.45) is 5.41 Å². The predicted octanol–water partition coefficient (Wildman–Crippen LogP) is 3.37. The number of aliphatic hydroxyl groups is 1. The largest absolute Gasteiger partial charge is 0.396 e. The minimum atomic E-state index is 0.122. The van der Waals surface area contributed by atoms with E-state index in [1.165, 1.54) is 43.4 Å². The van der Waals surface area contributed by atoms with E-state index in [9.17, 15) is 5.11 Å². The van der Waals surface area contributed by atoms with E-state index in [4.69, 9.17) is 0 Å². The standard InChI is InChI=1S/C16H25NO/c1-14-7-6-8-15(11-14)17(2)12-16(13-18)9-4-3-5-10-16/h6-8,11,18H,3-5,9-10,12-13H2,1-2H3. The van der Waals surface area contributed by atoms with Gasteiger partial charge in [0.2, 0.25) is 0 Å². The molecule has 1 aliphatic carbocycles. The van der Waals surface area contributed by atoms with Gasteiger partial charge in [-0.2, -0.15) is 0 Å². The number of rotatable bonds is 4. The Bertz CT molecular complexity index is 382. The summed E-state index contributed by atoms with van der Waals surface area (Å²) in [5.74, 6) is 0. The third kappa shape index (κ3) is 3.05. The third-order valence-electron chi connectivity index (χ3n) is 4.26. The molecule has 0 atom stereocenters. The zero-order chi connectivity index (χ0) is 13.0. The molecule has 1 aromatic rings. The van der Waals surface area contributed by atoms with Gasteiger partial charge in [0.05, 0.1) is 6.61 Å². The second kappa shape index (κ2) is 5.75. The average molecular weight is 247 g/mol. The first-order valence-electron chi connectivity index (χ1n) is 7.04. The Morgan fingerprint density at radius 3 is 2.56 bits per heavy atom. The van der Waals surface area contributed by atoms with Gasteiger partial charge in [-0.1, -0.05) is 31.4 Å². The molecule has 0 saturated heterocycles. The van der Waals surface area contributed by atoms with Gasteiger partial charge in [-0.05, 0) is 37.5 Å². The van der Waals surface area contributed by atoms with Gasteiger partial charge in [-0.15, -0.1) is 0 Å². The molecule has 100 valence electrons. The lowest BCUT2D eigenvalue weighted by atomic mass is 9.74. The van der Waals surface area contributed by atoms with Gasteiger partial charge >= 0.3 is 0 Å². The van der Waals surface area contributed by atoms with Crippen molar-refractivity contribution in [3.8, 4) is 0 Å². The first kappa shape index (κ1) is 13.4. The first-order chi connectivity index (χ1) is 8.65. The maximum atomic E-state index is 9.77. The highest BCUT2D eigenvalue weighted by Gasteiger charge is 2.32. The quantitative estimate of drug-likeness (QED) is 0.881. The van der Waals surface area contributed by atoms with Crippen LogP contribution < -0.4 is 4.90 Å². The van der Waals surface area contributed by atoms with Crippen molar-refractivity contribution < 1.29 is 5.11 Å². The molecule has 0 amide bonds. The molecule has 0 heterocycles. The number of nitrogens with zero attached hydrogens (tertiary/aromatic N) is 1. The number of aryl methyl sites for hydroxylation is 1. The highest BCUT2D eigenvalue weighted by atomic mass is 16.3. The number of hydrogen-bond acceptors (Lipinski definition) is 2. The molecule has 0 aromatic heterocycles. The Morgan fingerprint density at radius 2 is 1.94 bits per heavy atom. The molecule has 1 fully saturated rings. The van der Waals surface area contributed by atoms with Crippen molar-refractivity contribution in [1.82, 2.24) is 0 Å². The lowest BCUT2D eigenvalue weighted by Gasteiger charge is -2.39. The number of anilines is 1. The monoisotopic (exact) mass is 247 g/mol. The summed E-state index contributed by atoms with van der Waals surface area (Å²) in [4.78, 5) is 2.30. The third-order valence-corrected chi connectivity index (χ3v) is 4.26. The van der Waals surface area contributed by atoms with Crippen molar-refractivity contribution in [2.45, 2.75) is 39.0 Å². The number of hydrogen-bond donors (Lipinski definition) is 1. The second-order valence-electron chi connectivity index (χ2n) is 5.91. The summed E-state index contributed by atoms with van der Waals surface area (Å²) < 4.78 is 0. The normalized spacial score (nSPS) is 18.6. The molecular weight excluding hydrogens is 222 g/mol. The van der Waals surface area contributed by atoms with Gasteiger partial charge in [0, 0.05) is 24.7 Å². The van der Waals surface area contributed by atoms with Crippen LogP contribution in [-0.4, -0.2) is 25.3 Å². The molecule has 0 bridgehead atoms. The molecule has 2 rings (SSSR count). The molecule has 0 unspecified atom stereocenters. The van der Waals surface area contributed by atoms with Gasteiger partial charge in [0.1, 0.15) is 0 Å². The highest BCUT2D eigenvalue weighted by Crippen LogP contribution is 2.37. The van der Waals surface area contributed by atoms with Crippen LogP contribution in [0.1, 0.15) is 37.7 Å². The molecular formula is C16H25NO. The molecule has 0 aliphatic heterocycles. The van der Waals surface area contributed by atoms with E-state index in [1.54, 1.807) is 0 Å². The smallest absolute Gasteiger partial charge is 0.0504 e. The Hall–Kier alpha value is -1.02. The fourth-order valence-electron chi connectivity index (χ4n) is 3.13. The van der Waals surface area contributed by atoms with E-state index in [-0.39, 0.29) is 5.41 Å². The van der Waals surface area contributed by atoms with Gasteiger partial charge in [-0.3, -0.25) is 0 Å². The van der Waals surface area contributed by atoms with Gasteiger partial charge in [-0.25, -0.2) is 0 Å². The Morgan fingerprint density at radius 1 is 1.22 bits per heavy atom. The number of aliphatic hydroxyl groups excluding tert-OH is 1. The molecule has 1 aromatic carbocycles. The van der Waals surface area contributed by atoms with Crippen LogP contribution in [0, 0.1) is 12.3 Å². The Kier molecular flexibility index (Phi) is 4.28. The zero-order valence-corrected chi connectivity index (χ0v) is 11.7. The lowest BCUT2D eigenvalue weighted by Crippen LogP contribution is -2.40. The summed E-state index contributed by atoms with van der Waals surface area (Å²) in [7, 11) is 2.14. The topological polar surface area (TPSA) is 23.5 Å². The van der Waals surface area contributed by atoms with Crippen LogP contribution in [-0.2, 0) is 0 Å². The minimum absolute atomic E-state index is 0.122. The lowest BCUT2D eigenvalue weighted by molar-refractivity contribution is 0.0891. The van der Waals surface area contributed by atoms with E-state index < -0.39 is 0 Å². The Balaban J connectivity index is 2.07. The highest BCUT2D eigenvalue weighted by molar-refractivity contribution is 5.47. The molecule has 1 N–H and O–H groups in total. The van der Waals surface area contributed by atoms with E-state index >= 15 is 0 Å². The number of benzene rings is 1. The maximum absolute atomic E-state index is 9.77. The zero-order valence-electron chi connectivity index (χ0n) is 11.7. The summed E-state index contributed by atoms with van der Waals surface area (Å²) in [6.45, 7) is 3.41. The first-order valence-corrected chi connectivity index (χ1v) is 7.04. The van der Waals surface area contributed by atoms with Crippen molar-refractivity contribution >= 4 is 5.69 Å². The van der Waals surface area contributed by atoms with Crippen LogP contribution in [0.4, 0.5) is 5.69 Å². The van der Waals surface area contributed by atoms with Gasteiger partial charge < -0.3 is 10.0 Å². The van der Waals surface area contributed by atoms with Crippen LogP contribution in [0.15, 0.2) is 24.3 Å². The van der Waals surface area contributed by atoms with Crippen molar-refractivity contribution in [1.29, 1.82) is 0 Å². The van der Waals surface area contributed by atoms with E-state index in [0.717, 1.165) is 6.54 Å². The van der Waals surface area contributed by atoms with Crippen LogP contribution in [0.5, 0.6) is 0 Å². The van der Waals surface area contributed by atoms with Crippen molar-refractivity contribution in [3.63, 3.8) is 0 Å². The van der Waals surface area contributed by atoms with Crippen LogP contribution >= 0.6 is 0 Å². The van der Waals surface area contributed by atoms with E-state index in [0.29, 0.717) is 6.61 Å². The van der Waals surface area contributed by atoms with Crippen molar-refractivity contribution in [3.05, 3.63) is 29.8 Å². The fraction of sp³-hybridized carbons (Fsp3) is 0.625. The summed E-state index contributed by atoms with van der Waals surface area (Å²) in [5, 5.41) is 9.77. The summed E-state index contributed by atoms with van der Waals surface area (Å²) in [6, 6.07) is 8.60. The molecule has 2 nitrogen and oxygen atoms in total. The average Bonchev–Trinajstić information content (AvgIpc) is 2.40. The molecule has 0 spiro atoms. The SMILES string of the molecule is Cc1cccc(N(C)CC2(CO)CCCCC2)c1.